The van der Waals surface area contributed by atoms with Gasteiger partial charge in [0, 0.05) is 45.2 Å². The molecule has 4 nitrogen and oxygen atoms in total. The fourth-order valence-corrected chi connectivity index (χ4v) is 5.63. The number of anilines is 1. The van der Waals surface area contributed by atoms with Gasteiger partial charge in [-0.05, 0) is 55.1 Å². The number of rotatable bonds is 6. The Morgan fingerprint density at radius 3 is 2.44 bits per heavy atom. The molecule has 2 heterocycles. The van der Waals surface area contributed by atoms with E-state index < -0.39 is 0 Å². The lowest BCUT2D eigenvalue weighted by Crippen LogP contribution is -2.45. The fourth-order valence-electron chi connectivity index (χ4n) is 4.92. The summed E-state index contributed by atoms with van der Waals surface area (Å²) in [5, 5.41) is 0.915. The summed E-state index contributed by atoms with van der Waals surface area (Å²) in [6.45, 7) is 7.55. The maximum absolute atomic E-state index is 14.2. The van der Waals surface area contributed by atoms with Crippen LogP contribution < -0.4 is 4.90 Å². The molecule has 0 bridgehead atoms. The molecule has 2 aliphatic heterocycles. The van der Waals surface area contributed by atoms with Crippen molar-refractivity contribution in [2.24, 2.45) is 11.8 Å². The molecule has 2 atom stereocenters. The minimum absolute atomic E-state index is 0.00643. The highest BCUT2D eigenvalue weighted by Crippen LogP contribution is 2.39. The third kappa shape index (κ3) is 6.01. The standard InChI is InChI=1S/C27H32Cl2FN3O/c1-19-14-21(15-22-7-3-4-8-25(22)30)18-33(27(19)34)26-23(28)16-20(17-24(26)29)6-5-9-32-12-10-31(2)11-13-32/h3-8,16-17,19,21H,9-15,18H2,1-2H3/b6-5-/t19-,21-/m1/s1. The normalized spacial score (nSPS) is 22.6. The molecule has 2 aromatic carbocycles. The van der Waals surface area contributed by atoms with E-state index in [1.807, 2.05) is 37.3 Å². The van der Waals surface area contributed by atoms with Crippen LogP contribution in [-0.4, -0.2) is 62.0 Å². The van der Waals surface area contributed by atoms with Gasteiger partial charge < -0.3 is 9.80 Å². The van der Waals surface area contributed by atoms with Gasteiger partial charge in [0.1, 0.15) is 5.82 Å². The van der Waals surface area contributed by atoms with Crippen molar-refractivity contribution in [3.63, 3.8) is 0 Å². The van der Waals surface area contributed by atoms with Gasteiger partial charge in [0.25, 0.3) is 0 Å². The van der Waals surface area contributed by atoms with Gasteiger partial charge in [-0.25, -0.2) is 4.39 Å². The van der Waals surface area contributed by atoms with Crippen molar-refractivity contribution in [3.05, 3.63) is 69.5 Å². The highest BCUT2D eigenvalue weighted by molar-refractivity contribution is 6.40. The summed E-state index contributed by atoms with van der Waals surface area (Å²) in [6, 6.07) is 10.6. The number of likely N-dealkylation sites (N-methyl/N-ethyl adjacent to an activating group) is 1. The Morgan fingerprint density at radius 2 is 1.76 bits per heavy atom. The first-order valence-electron chi connectivity index (χ1n) is 11.9. The number of amides is 1. The van der Waals surface area contributed by atoms with Crippen LogP contribution in [0.15, 0.2) is 42.5 Å². The number of carbonyl (C=O) groups excluding carboxylic acids is 1. The number of carbonyl (C=O) groups is 1. The summed E-state index contributed by atoms with van der Waals surface area (Å²) in [5.41, 5.74) is 2.13. The minimum atomic E-state index is -0.206. The van der Waals surface area contributed by atoms with E-state index >= 15 is 0 Å². The van der Waals surface area contributed by atoms with Crippen molar-refractivity contribution in [1.82, 2.24) is 9.80 Å². The summed E-state index contributed by atoms with van der Waals surface area (Å²) >= 11 is 13.3. The average Bonchev–Trinajstić information content (AvgIpc) is 2.79. The molecule has 7 heteroatoms. The Balaban J connectivity index is 1.48. The molecular weight excluding hydrogens is 472 g/mol. The maximum atomic E-state index is 14.2. The topological polar surface area (TPSA) is 26.8 Å². The number of benzene rings is 2. The van der Waals surface area contributed by atoms with Crippen LogP contribution in [0.5, 0.6) is 0 Å². The maximum Gasteiger partial charge on any atom is 0.229 e. The first kappa shape index (κ1) is 25.2. The lowest BCUT2D eigenvalue weighted by molar-refractivity contribution is -0.124. The van der Waals surface area contributed by atoms with Gasteiger partial charge in [0.2, 0.25) is 5.91 Å². The zero-order valence-electron chi connectivity index (χ0n) is 19.8. The molecule has 1 amide bonds. The molecular formula is C27H32Cl2FN3O. The van der Waals surface area contributed by atoms with Crippen molar-refractivity contribution < 1.29 is 9.18 Å². The van der Waals surface area contributed by atoms with E-state index in [1.165, 1.54) is 6.07 Å². The Kier molecular flexibility index (Phi) is 8.30. The Labute approximate surface area is 211 Å². The second kappa shape index (κ2) is 11.2. The molecule has 0 aromatic heterocycles. The van der Waals surface area contributed by atoms with E-state index in [9.17, 15) is 9.18 Å². The van der Waals surface area contributed by atoms with Gasteiger partial charge in [0.15, 0.2) is 0 Å². The molecule has 0 spiro atoms. The summed E-state index contributed by atoms with van der Waals surface area (Å²) in [7, 11) is 2.15. The molecule has 2 fully saturated rings. The molecule has 2 saturated heterocycles. The third-order valence-corrected chi connectivity index (χ3v) is 7.44. The van der Waals surface area contributed by atoms with Gasteiger partial charge in [-0.15, -0.1) is 0 Å². The van der Waals surface area contributed by atoms with Crippen molar-refractivity contribution in [2.45, 2.75) is 19.8 Å². The lowest BCUT2D eigenvalue weighted by Gasteiger charge is -2.37. The number of piperidine rings is 1. The first-order chi connectivity index (χ1) is 16.3. The first-order valence-corrected chi connectivity index (χ1v) is 12.7. The molecule has 4 rings (SSSR count). The van der Waals surface area contributed by atoms with E-state index in [-0.39, 0.29) is 23.6 Å². The number of hydrogen-bond donors (Lipinski definition) is 0. The molecule has 0 unspecified atom stereocenters. The van der Waals surface area contributed by atoms with Gasteiger partial charge in [-0.2, -0.15) is 0 Å². The zero-order chi connectivity index (χ0) is 24.2. The summed E-state index contributed by atoms with van der Waals surface area (Å²) in [6.07, 6.45) is 5.45. The van der Waals surface area contributed by atoms with E-state index in [4.69, 9.17) is 23.2 Å². The van der Waals surface area contributed by atoms with Gasteiger partial charge >= 0.3 is 0 Å². The molecule has 2 aromatic rings. The van der Waals surface area contributed by atoms with Crippen molar-refractivity contribution in [3.8, 4) is 0 Å². The number of hydrogen-bond acceptors (Lipinski definition) is 3. The third-order valence-electron chi connectivity index (χ3n) is 6.86. The Hall–Kier alpha value is -1.92. The van der Waals surface area contributed by atoms with Crippen molar-refractivity contribution >= 4 is 40.9 Å². The van der Waals surface area contributed by atoms with Crippen LogP contribution in [0.4, 0.5) is 10.1 Å². The van der Waals surface area contributed by atoms with E-state index in [1.54, 1.807) is 11.0 Å². The average molecular weight is 504 g/mol. The van der Waals surface area contributed by atoms with Gasteiger partial charge in [0.05, 0.1) is 15.7 Å². The quantitative estimate of drug-likeness (QED) is 0.511. The van der Waals surface area contributed by atoms with Crippen LogP contribution in [0.3, 0.4) is 0 Å². The van der Waals surface area contributed by atoms with Gasteiger partial charge in [-0.3, -0.25) is 9.69 Å². The summed E-state index contributed by atoms with van der Waals surface area (Å²) < 4.78 is 14.2. The molecule has 34 heavy (non-hydrogen) atoms. The van der Waals surface area contributed by atoms with Crippen LogP contribution >= 0.6 is 23.2 Å². The van der Waals surface area contributed by atoms with Crippen LogP contribution in [0.2, 0.25) is 10.0 Å². The second-order valence-corrected chi connectivity index (χ2v) is 10.4. The number of piperazine rings is 1. The molecule has 0 saturated carbocycles. The summed E-state index contributed by atoms with van der Waals surface area (Å²) in [4.78, 5) is 19.5. The van der Waals surface area contributed by atoms with Crippen molar-refractivity contribution in [2.75, 3.05) is 51.2 Å². The van der Waals surface area contributed by atoms with E-state index in [0.717, 1.165) is 38.3 Å². The highest BCUT2D eigenvalue weighted by atomic mass is 35.5. The predicted octanol–water partition coefficient (Wildman–Crippen LogP) is 5.62. The predicted molar refractivity (Wildman–Crippen MR) is 139 cm³/mol. The second-order valence-electron chi connectivity index (χ2n) is 9.59. The summed E-state index contributed by atoms with van der Waals surface area (Å²) in [5.74, 6) is -0.255. The van der Waals surface area contributed by atoms with Crippen LogP contribution in [0.25, 0.3) is 6.08 Å². The van der Waals surface area contributed by atoms with Gasteiger partial charge in [-0.1, -0.05) is 60.5 Å². The molecule has 0 radical (unpaired) electrons. The van der Waals surface area contributed by atoms with Crippen LogP contribution in [0.1, 0.15) is 24.5 Å². The smallest absolute Gasteiger partial charge is 0.229 e. The number of halogens is 3. The lowest BCUT2D eigenvalue weighted by atomic mass is 9.85. The number of nitrogens with zero attached hydrogens (tertiary/aromatic N) is 3. The van der Waals surface area contributed by atoms with Crippen LogP contribution in [-0.2, 0) is 11.2 Å². The zero-order valence-corrected chi connectivity index (χ0v) is 21.3. The fraction of sp³-hybridized carbons (Fsp3) is 0.444. The SMILES string of the molecule is C[C@@H]1C[C@H](Cc2ccccc2F)CN(c2c(Cl)cc(/C=C\CN3CCN(C)CC3)cc2Cl)C1=O. The molecule has 0 aliphatic carbocycles. The largest absolute Gasteiger partial charge is 0.309 e. The minimum Gasteiger partial charge on any atom is -0.309 e. The Morgan fingerprint density at radius 1 is 1.09 bits per heavy atom. The molecule has 0 N–H and O–H groups in total. The van der Waals surface area contributed by atoms with Crippen LogP contribution in [0, 0.1) is 17.7 Å². The van der Waals surface area contributed by atoms with E-state index in [0.29, 0.717) is 40.7 Å². The van der Waals surface area contributed by atoms with E-state index in [2.05, 4.69) is 22.9 Å². The molecule has 2 aliphatic rings. The monoisotopic (exact) mass is 503 g/mol. The Bertz CT molecular complexity index is 1030. The molecule has 182 valence electrons. The van der Waals surface area contributed by atoms with Crippen molar-refractivity contribution in [1.29, 1.82) is 0 Å². The highest BCUT2D eigenvalue weighted by Gasteiger charge is 2.34.